The summed E-state index contributed by atoms with van der Waals surface area (Å²) in [4.78, 5) is 21.4. The number of ether oxygens (including phenoxy) is 1. The number of nitrogens with zero attached hydrogens (tertiary/aromatic N) is 3. The van der Waals surface area contributed by atoms with Gasteiger partial charge in [0.2, 0.25) is 0 Å². The lowest BCUT2D eigenvalue weighted by molar-refractivity contribution is 0.102. The average Bonchev–Trinajstić information content (AvgIpc) is 3.37. The Labute approximate surface area is 149 Å². The highest BCUT2D eigenvalue weighted by Crippen LogP contribution is 2.37. The average molecular weight is 357 g/mol. The quantitative estimate of drug-likeness (QED) is 0.748. The number of para-hydroxylation sites is 1. The van der Waals surface area contributed by atoms with E-state index in [-0.39, 0.29) is 5.91 Å². The standard InChI is InChI=1S/C18H17ClN4O2/c1-2-25-16-13(19)4-3-5-14(16)22-18(24)11-8-15-17(20-9-11)23(10-21-15)12-6-7-12/h3-5,8-10,12H,2,6-7H2,1H3,(H,22,24). The van der Waals surface area contributed by atoms with E-state index in [1.165, 1.54) is 0 Å². The zero-order valence-electron chi connectivity index (χ0n) is 13.7. The number of hydrogen-bond acceptors (Lipinski definition) is 4. The monoisotopic (exact) mass is 356 g/mol. The molecule has 1 aliphatic rings. The van der Waals surface area contributed by atoms with Gasteiger partial charge in [-0.05, 0) is 38.0 Å². The molecule has 1 fully saturated rings. The lowest BCUT2D eigenvalue weighted by atomic mass is 10.2. The fourth-order valence-corrected chi connectivity index (χ4v) is 2.98. The van der Waals surface area contributed by atoms with Crippen molar-refractivity contribution in [3.63, 3.8) is 0 Å². The van der Waals surface area contributed by atoms with Crippen LogP contribution in [0.5, 0.6) is 5.75 Å². The molecule has 1 amide bonds. The van der Waals surface area contributed by atoms with Gasteiger partial charge >= 0.3 is 0 Å². The van der Waals surface area contributed by atoms with Gasteiger partial charge in [-0.3, -0.25) is 4.79 Å². The van der Waals surface area contributed by atoms with Crippen LogP contribution in [0.3, 0.4) is 0 Å². The molecule has 0 spiro atoms. The second kappa shape index (κ2) is 6.37. The Morgan fingerprint density at radius 1 is 1.40 bits per heavy atom. The summed E-state index contributed by atoms with van der Waals surface area (Å²) < 4.78 is 7.60. The predicted molar refractivity (Wildman–Crippen MR) is 96.4 cm³/mol. The van der Waals surface area contributed by atoms with Crippen LogP contribution in [-0.4, -0.2) is 27.0 Å². The molecule has 1 N–H and O–H groups in total. The van der Waals surface area contributed by atoms with Gasteiger partial charge < -0.3 is 14.6 Å². The summed E-state index contributed by atoms with van der Waals surface area (Å²) in [5, 5.41) is 3.29. The van der Waals surface area contributed by atoms with Crippen LogP contribution >= 0.6 is 11.6 Å². The van der Waals surface area contributed by atoms with Crippen molar-refractivity contribution in [1.29, 1.82) is 0 Å². The van der Waals surface area contributed by atoms with E-state index in [1.54, 1.807) is 36.8 Å². The van der Waals surface area contributed by atoms with E-state index in [9.17, 15) is 4.79 Å². The number of halogens is 1. The fourth-order valence-electron chi connectivity index (χ4n) is 2.76. The molecule has 0 atom stereocenters. The largest absolute Gasteiger partial charge is 0.490 e. The summed E-state index contributed by atoms with van der Waals surface area (Å²) in [6.07, 6.45) is 5.68. The zero-order chi connectivity index (χ0) is 17.4. The third-order valence-corrected chi connectivity index (χ3v) is 4.42. The third kappa shape index (κ3) is 3.05. The van der Waals surface area contributed by atoms with E-state index >= 15 is 0 Å². The highest BCUT2D eigenvalue weighted by molar-refractivity contribution is 6.32. The molecule has 25 heavy (non-hydrogen) atoms. The number of aromatic nitrogens is 3. The van der Waals surface area contributed by atoms with Crippen molar-refractivity contribution in [3.8, 4) is 5.75 Å². The van der Waals surface area contributed by atoms with Crippen molar-refractivity contribution in [1.82, 2.24) is 14.5 Å². The molecule has 2 aromatic heterocycles. The van der Waals surface area contributed by atoms with Gasteiger partial charge in [0.15, 0.2) is 11.4 Å². The maximum absolute atomic E-state index is 12.6. The van der Waals surface area contributed by atoms with Crippen molar-refractivity contribution in [2.24, 2.45) is 0 Å². The molecule has 1 aliphatic carbocycles. The number of imidazole rings is 1. The number of anilines is 1. The first-order valence-electron chi connectivity index (χ1n) is 8.22. The van der Waals surface area contributed by atoms with Crippen molar-refractivity contribution in [2.45, 2.75) is 25.8 Å². The van der Waals surface area contributed by atoms with Gasteiger partial charge in [0.05, 0.1) is 29.2 Å². The Morgan fingerprint density at radius 3 is 3.00 bits per heavy atom. The van der Waals surface area contributed by atoms with E-state index in [1.807, 2.05) is 6.92 Å². The first kappa shape index (κ1) is 15.9. The summed E-state index contributed by atoms with van der Waals surface area (Å²) in [5.41, 5.74) is 2.51. The van der Waals surface area contributed by atoms with Crippen LogP contribution < -0.4 is 10.1 Å². The molecule has 0 radical (unpaired) electrons. The Kier molecular flexibility index (Phi) is 4.05. The lowest BCUT2D eigenvalue weighted by Crippen LogP contribution is -2.13. The smallest absolute Gasteiger partial charge is 0.257 e. The number of pyridine rings is 1. The highest BCUT2D eigenvalue weighted by atomic mass is 35.5. The molecule has 7 heteroatoms. The number of fused-ring (bicyclic) bond motifs is 1. The minimum Gasteiger partial charge on any atom is -0.490 e. The van der Waals surface area contributed by atoms with Crippen molar-refractivity contribution >= 4 is 34.4 Å². The number of hydrogen-bond donors (Lipinski definition) is 1. The van der Waals surface area contributed by atoms with E-state index in [2.05, 4.69) is 19.9 Å². The topological polar surface area (TPSA) is 69.0 Å². The maximum atomic E-state index is 12.6. The van der Waals surface area contributed by atoms with Crippen LogP contribution in [0.4, 0.5) is 5.69 Å². The minimum absolute atomic E-state index is 0.279. The SMILES string of the molecule is CCOc1c(Cl)cccc1NC(=O)c1cnc2c(c1)ncn2C1CC1. The molecule has 0 aliphatic heterocycles. The van der Waals surface area contributed by atoms with Crippen molar-refractivity contribution in [3.05, 3.63) is 47.4 Å². The zero-order valence-corrected chi connectivity index (χ0v) is 14.5. The Balaban J connectivity index is 1.61. The second-order valence-electron chi connectivity index (χ2n) is 5.95. The van der Waals surface area contributed by atoms with Gasteiger partial charge in [-0.1, -0.05) is 17.7 Å². The molecule has 0 saturated heterocycles. The van der Waals surface area contributed by atoms with Crippen molar-refractivity contribution in [2.75, 3.05) is 11.9 Å². The number of rotatable bonds is 5. The van der Waals surface area contributed by atoms with Gasteiger partial charge in [-0.25, -0.2) is 9.97 Å². The van der Waals surface area contributed by atoms with Crippen LogP contribution in [0.15, 0.2) is 36.8 Å². The molecule has 128 valence electrons. The van der Waals surface area contributed by atoms with Crippen molar-refractivity contribution < 1.29 is 9.53 Å². The third-order valence-electron chi connectivity index (χ3n) is 4.12. The number of carbonyl (C=O) groups is 1. The Morgan fingerprint density at radius 2 is 2.24 bits per heavy atom. The van der Waals surface area contributed by atoms with Gasteiger partial charge in [0.1, 0.15) is 5.52 Å². The lowest BCUT2D eigenvalue weighted by Gasteiger charge is -2.12. The molecule has 0 unspecified atom stereocenters. The molecular weight excluding hydrogens is 340 g/mol. The molecule has 1 saturated carbocycles. The van der Waals surface area contributed by atoms with Gasteiger partial charge in [0.25, 0.3) is 5.91 Å². The summed E-state index contributed by atoms with van der Waals surface area (Å²) in [6, 6.07) is 7.49. The minimum atomic E-state index is -0.279. The van der Waals surface area contributed by atoms with Gasteiger partial charge in [0, 0.05) is 12.2 Å². The van der Waals surface area contributed by atoms with E-state index in [4.69, 9.17) is 16.3 Å². The Bertz CT molecular complexity index is 949. The van der Waals surface area contributed by atoms with Crippen LogP contribution in [-0.2, 0) is 0 Å². The number of nitrogens with one attached hydrogen (secondary N) is 1. The van der Waals surface area contributed by atoms with Crippen LogP contribution in [0.2, 0.25) is 5.02 Å². The molecule has 1 aromatic carbocycles. The normalized spacial score (nSPS) is 13.8. The summed E-state index contributed by atoms with van der Waals surface area (Å²) in [5.74, 6) is 0.186. The molecule has 6 nitrogen and oxygen atoms in total. The second-order valence-corrected chi connectivity index (χ2v) is 6.36. The molecular formula is C18H17ClN4O2. The number of amides is 1. The van der Waals surface area contributed by atoms with Crippen LogP contribution in [0.1, 0.15) is 36.2 Å². The number of carbonyl (C=O) groups excluding carboxylic acids is 1. The van der Waals surface area contributed by atoms with Crippen LogP contribution in [0, 0.1) is 0 Å². The van der Waals surface area contributed by atoms with E-state index < -0.39 is 0 Å². The summed E-state index contributed by atoms with van der Waals surface area (Å²) in [6.45, 7) is 2.32. The first-order chi connectivity index (χ1) is 12.2. The van der Waals surface area contributed by atoms with Gasteiger partial charge in [-0.15, -0.1) is 0 Å². The first-order valence-corrected chi connectivity index (χ1v) is 8.60. The molecule has 3 aromatic rings. The molecule has 0 bridgehead atoms. The van der Waals surface area contributed by atoms with E-state index in [0.717, 1.165) is 24.0 Å². The molecule has 4 rings (SSSR count). The fraction of sp³-hybridized carbons (Fsp3) is 0.278. The highest BCUT2D eigenvalue weighted by Gasteiger charge is 2.25. The Hall–Kier alpha value is -2.60. The summed E-state index contributed by atoms with van der Waals surface area (Å²) >= 11 is 6.15. The predicted octanol–water partition coefficient (Wildman–Crippen LogP) is 4.07. The van der Waals surface area contributed by atoms with Gasteiger partial charge in [-0.2, -0.15) is 0 Å². The summed E-state index contributed by atoms with van der Waals surface area (Å²) in [7, 11) is 0. The van der Waals surface area contributed by atoms with E-state index in [0.29, 0.717) is 34.7 Å². The molecule has 2 heterocycles. The maximum Gasteiger partial charge on any atom is 0.257 e. The van der Waals surface area contributed by atoms with Crippen LogP contribution in [0.25, 0.3) is 11.2 Å². The number of benzene rings is 1.